The molecule has 116 valence electrons. The van der Waals surface area contributed by atoms with Crippen LogP contribution in [0.4, 0.5) is 14.5 Å². The Morgan fingerprint density at radius 1 is 1.09 bits per heavy atom. The molecule has 3 nitrogen and oxygen atoms in total. The van der Waals surface area contributed by atoms with Gasteiger partial charge in [-0.2, -0.15) is 0 Å². The molecular weight excluding hydrogens is 288 g/mol. The fraction of sp³-hybridized carbons (Fsp3) is 0.235. The van der Waals surface area contributed by atoms with E-state index in [1.54, 1.807) is 6.07 Å². The van der Waals surface area contributed by atoms with Gasteiger partial charge in [-0.05, 0) is 56.2 Å². The number of halogens is 2. The standard InChI is InChI=1S/C17H17F2NO2/c1-10-7-8-13(9-11(10)2)22-12(3)17(21)20-16-14(18)5-4-6-15(16)19/h4-9,12H,1-3H3,(H,20,21)/t12-/m0/s1. The van der Waals surface area contributed by atoms with E-state index in [4.69, 9.17) is 4.74 Å². The smallest absolute Gasteiger partial charge is 0.265 e. The Bertz CT molecular complexity index is 681. The predicted molar refractivity (Wildman–Crippen MR) is 81.0 cm³/mol. The minimum Gasteiger partial charge on any atom is -0.481 e. The number of hydrogen-bond donors (Lipinski definition) is 1. The van der Waals surface area contributed by atoms with Gasteiger partial charge in [0.2, 0.25) is 0 Å². The Hall–Kier alpha value is -2.43. The van der Waals surface area contributed by atoms with Gasteiger partial charge in [0, 0.05) is 0 Å². The second kappa shape index (κ2) is 6.56. The lowest BCUT2D eigenvalue weighted by Crippen LogP contribution is -2.30. The number of para-hydroxylation sites is 1. The van der Waals surface area contributed by atoms with Crippen LogP contribution in [0.5, 0.6) is 5.75 Å². The Morgan fingerprint density at radius 3 is 2.32 bits per heavy atom. The quantitative estimate of drug-likeness (QED) is 0.927. The summed E-state index contributed by atoms with van der Waals surface area (Å²) in [5.41, 5.74) is 1.67. The lowest BCUT2D eigenvalue weighted by Gasteiger charge is -2.16. The molecule has 0 aliphatic carbocycles. The van der Waals surface area contributed by atoms with Gasteiger partial charge in [0.25, 0.3) is 5.91 Å². The number of nitrogens with one attached hydrogen (secondary N) is 1. The molecule has 0 fully saturated rings. The summed E-state index contributed by atoms with van der Waals surface area (Å²) in [7, 11) is 0. The first kappa shape index (κ1) is 15.9. The average Bonchev–Trinajstić information content (AvgIpc) is 2.46. The van der Waals surface area contributed by atoms with E-state index in [0.29, 0.717) is 5.75 Å². The first-order valence-corrected chi connectivity index (χ1v) is 6.87. The molecule has 2 aromatic carbocycles. The third-order valence-electron chi connectivity index (χ3n) is 3.37. The van der Waals surface area contributed by atoms with Gasteiger partial charge in [-0.3, -0.25) is 4.79 Å². The highest BCUT2D eigenvalue weighted by molar-refractivity contribution is 5.94. The van der Waals surface area contributed by atoms with Crippen LogP contribution in [0, 0.1) is 25.5 Å². The van der Waals surface area contributed by atoms with Gasteiger partial charge in [0.05, 0.1) is 0 Å². The topological polar surface area (TPSA) is 38.3 Å². The minimum absolute atomic E-state index is 0.469. The SMILES string of the molecule is Cc1ccc(O[C@@H](C)C(=O)Nc2c(F)cccc2F)cc1C. The second-order valence-corrected chi connectivity index (χ2v) is 5.09. The first-order chi connectivity index (χ1) is 10.4. The zero-order valence-corrected chi connectivity index (χ0v) is 12.6. The molecule has 0 radical (unpaired) electrons. The maximum atomic E-state index is 13.5. The third-order valence-corrected chi connectivity index (χ3v) is 3.37. The van der Waals surface area contributed by atoms with Gasteiger partial charge in [0.15, 0.2) is 6.10 Å². The number of rotatable bonds is 4. The minimum atomic E-state index is -0.888. The molecule has 1 N–H and O–H groups in total. The Balaban J connectivity index is 2.07. The molecule has 0 heterocycles. The van der Waals surface area contributed by atoms with E-state index in [1.165, 1.54) is 13.0 Å². The molecule has 0 spiro atoms. The summed E-state index contributed by atoms with van der Waals surface area (Å²) in [6, 6.07) is 8.82. The summed E-state index contributed by atoms with van der Waals surface area (Å²) < 4.78 is 32.5. The highest BCUT2D eigenvalue weighted by Crippen LogP contribution is 2.20. The van der Waals surface area contributed by atoms with Gasteiger partial charge in [-0.25, -0.2) is 8.78 Å². The normalized spacial score (nSPS) is 11.9. The number of anilines is 1. The van der Waals surface area contributed by atoms with E-state index in [-0.39, 0.29) is 0 Å². The molecule has 0 aromatic heterocycles. The zero-order valence-electron chi connectivity index (χ0n) is 12.6. The molecule has 0 saturated carbocycles. The van der Waals surface area contributed by atoms with Crippen molar-refractivity contribution in [2.24, 2.45) is 0 Å². The van der Waals surface area contributed by atoms with Crippen molar-refractivity contribution in [2.45, 2.75) is 26.9 Å². The van der Waals surface area contributed by atoms with Crippen molar-refractivity contribution in [1.29, 1.82) is 0 Å². The van der Waals surface area contributed by atoms with Crippen LogP contribution in [0.3, 0.4) is 0 Å². The Morgan fingerprint density at radius 2 is 1.73 bits per heavy atom. The number of ether oxygens (including phenoxy) is 1. The molecule has 1 amide bonds. The summed E-state index contributed by atoms with van der Waals surface area (Å²) in [6.45, 7) is 5.42. The highest BCUT2D eigenvalue weighted by atomic mass is 19.1. The van der Waals surface area contributed by atoms with Crippen molar-refractivity contribution in [3.63, 3.8) is 0 Å². The number of benzene rings is 2. The molecule has 5 heteroatoms. The molecule has 0 unspecified atom stereocenters. The van der Waals surface area contributed by atoms with Gasteiger partial charge in [-0.1, -0.05) is 12.1 Å². The van der Waals surface area contributed by atoms with Crippen molar-refractivity contribution in [1.82, 2.24) is 0 Å². The first-order valence-electron chi connectivity index (χ1n) is 6.87. The van der Waals surface area contributed by atoms with E-state index in [2.05, 4.69) is 5.32 Å². The number of amides is 1. The van der Waals surface area contributed by atoms with E-state index in [9.17, 15) is 13.6 Å². The average molecular weight is 305 g/mol. The molecule has 2 aromatic rings. The molecule has 22 heavy (non-hydrogen) atoms. The third kappa shape index (κ3) is 3.61. The Kier molecular flexibility index (Phi) is 4.75. The number of carbonyl (C=O) groups excluding carboxylic acids is 1. The van der Waals surface area contributed by atoms with Crippen molar-refractivity contribution in [3.05, 3.63) is 59.2 Å². The van der Waals surface area contributed by atoms with Crippen molar-refractivity contribution in [2.75, 3.05) is 5.32 Å². The van der Waals surface area contributed by atoms with Crippen LogP contribution < -0.4 is 10.1 Å². The van der Waals surface area contributed by atoms with Gasteiger partial charge < -0.3 is 10.1 Å². The maximum absolute atomic E-state index is 13.5. The van der Waals surface area contributed by atoms with Crippen LogP contribution in [0.1, 0.15) is 18.1 Å². The van der Waals surface area contributed by atoms with Crippen molar-refractivity contribution in [3.8, 4) is 5.75 Å². The summed E-state index contributed by atoms with van der Waals surface area (Å²) in [5.74, 6) is -1.75. The fourth-order valence-electron chi connectivity index (χ4n) is 1.89. The summed E-state index contributed by atoms with van der Waals surface area (Å²) in [6.07, 6.45) is -0.888. The van der Waals surface area contributed by atoms with Crippen LogP contribution in [-0.4, -0.2) is 12.0 Å². The predicted octanol–water partition coefficient (Wildman–Crippen LogP) is 3.99. The van der Waals surface area contributed by atoms with E-state index >= 15 is 0 Å². The number of hydrogen-bond acceptors (Lipinski definition) is 2. The van der Waals surface area contributed by atoms with Crippen molar-refractivity contribution >= 4 is 11.6 Å². The molecule has 0 bridgehead atoms. The van der Waals surface area contributed by atoms with Crippen LogP contribution in [0.25, 0.3) is 0 Å². The number of carbonyl (C=O) groups is 1. The number of aryl methyl sites for hydroxylation is 2. The van der Waals surface area contributed by atoms with Crippen LogP contribution in [0.2, 0.25) is 0 Å². The van der Waals surface area contributed by atoms with Gasteiger partial charge in [-0.15, -0.1) is 0 Å². The van der Waals surface area contributed by atoms with Gasteiger partial charge in [0.1, 0.15) is 23.1 Å². The van der Waals surface area contributed by atoms with E-state index in [0.717, 1.165) is 23.3 Å². The van der Waals surface area contributed by atoms with E-state index < -0.39 is 29.3 Å². The molecule has 0 aliphatic heterocycles. The Labute approximate surface area is 127 Å². The van der Waals surface area contributed by atoms with Crippen LogP contribution in [-0.2, 0) is 4.79 Å². The molecule has 1 atom stereocenters. The lowest BCUT2D eigenvalue weighted by atomic mass is 10.1. The fourth-order valence-corrected chi connectivity index (χ4v) is 1.89. The highest BCUT2D eigenvalue weighted by Gasteiger charge is 2.18. The molecular formula is C17H17F2NO2. The maximum Gasteiger partial charge on any atom is 0.265 e. The molecule has 0 aliphatic rings. The molecule has 0 saturated heterocycles. The summed E-state index contributed by atoms with van der Waals surface area (Å²) in [5, 5.41) is 2.21. The lowest BCUT2D eigenvalue weighted by molar-refractivity contribution is -0.122. The van der Waals surface area contributed by atoms with Gasteiger partial charge >= 0.3 is 0 Å². The van der Waals surface area contributed by atoms with Crippen LogP contribution in [0.15, 0.2) is 36.4 Å². The largest absolute Gasteiger partial charge is 0.481 e. The van der Waals surface area contributed by atoms with Crippen molar-refractivity contribution < 1.29 is 18.3 Å². The summed E-state index contributed by atoms with van der Waals surface area (Å²) >= 11 is 0. The zero-order chi connectivity index (χ0) is 16.3. The second-order valence-electron chi connectivity index (χ2n) is 5.09. The summed E-state index contributed by atoms with van der Waals surface area (Å²) in [4.78, 5) is 12.0. The monoisotopic (exact) mass is 305 g/mol. The van der Waals surface area contributed by atoms with Crippen LogP contribution >= 0.6 is 0 Å². The molecule has 2 rings (SSSR count). The van der Waals surface area contributed by atoms with E-state index in [1.807, 2.05) is 26.0 Å².